The molecule has 8 heteroatoms. The number of likely N-dealkylation sites (tertiary alicyclic amines) is 1. The van der Waals surface area contributed by atoms with Gasteiger partial charge in [-0.25, -0.2) is 0 Å². The van der Waals surface area contributed by atoms with Gasteiger partial charge in [-0.2, -0.15) is 0 Å². The van der Waals surface area contributed by atoms with Crippen molar-refractivity contribution in [3.05, 3.63) is 59.4 Å². The summed E-state index contributed by atoms with van der Waals surface area (Å²) >= 11 is 0. The molecule has 8 nitrogen and oxygen atoms in total. The Kier molecular flexibility index (Phi) is 5.90. The van der Waals surface area contributed by atoms with Crippen molar-refractivity contribution < 1.29 is 29.1 Å². The summed E-state index contributed by atoms with van der Waals surface area (Å²) < 4.78 is 11.1. The van der Waals surface area contributed by atoms with E-state index in [4.69, 9.17) is 9.47 Å². The van der Waals surface area contributed by atoms with Crippen molar-refractivity contribution in [2.75, 3.05) is 40.4 Å². The molecule has 1 aromatic heterocycles. The van der Waals surface area contributed by atoms with Crippen LogP contribution in [0.5, 0.6) is 11.5 Å². The number of nitrogens with one attached hydrogen (secondary N) is 1. The van der Waals surface area contributed by atoms with Crippen molar-refractivity contribution in [3.8, 4) is 11.5 Å². The third-order valence-electron chi connectivity index (χ3n) is 5.43. The summed E-state index contributed by atoms with van der Waals surface area (Å²) in [6.07, 6.45) is 3.91. The minimum absolute atomic E-state index is 0.0370. The Morgan fingerprint density at radius 1 is 1.13 bits per heavy atom. The summed E-state index contributed by atoms with van der Waals surface area (Å²) in [6.45, 7) is 2.06. The number of hydrogen-bond donors (Lipinski definition) is 1. The molecule has 3 heterocycles. The molecule has 0 spiro atoms. The van der Waals surface area contributed by atoms with Gasteiger partial charge >= 0.3 is 0 Å². The molecule has 1 unspecified atom stereocenters. The van der Waals surface area contributed by atoms with Crippen molar-refractivity contribution in [3.63, 3.8) is 0 Å². The molecule has 0 aliphatic carbocycles. The van der Waals surface area contributed by atoms with Gasteiger partial charge in [0.15, 0.2) is 11.5 Å². The highest BCUT2D eigenvalue weighted by atomic mass is 16.6. The number of nitrogens with zero attached hydrogens (tertiary/aromatic N) is 2. The lowest BCUT2D eigenvalue weighted by Crippen LogP contribution is -3.05. The molecule has 4 rings (SSSR count). The normalized spacial score (nSPS) is 19.8. The van der Waals surface area contributed by atoms with Crippen molar-refractivity contribution in [2.45, 2.75) is 12.5 Å². The number of fused-ring (bicyclic) bond motifs is 1. The molecule has 1 saturated heterocycles. The van der Waals surface area contributed by atoms with Gasteiger partial charge in [-0.1, -0.05) is 11.8 Å². The molecule has 2 aromatic rings. The monoisotopic (exact) mass is 423 g/mol. The smallest absolute Gasteiger partial charge is 0.295 e. The molecule has 1 atom stereocenters. The minimum Gasteiger partial charge on any atom is -0.872 e. The number of carbonyl (C=O) groups excluding carboxylic acids is 2. The third-order valence-corrected chi connectivity index (χ3v) is 5.43. The molecular formula is C23H25N3O5. The summed E-state index contributed by atoms with van der Waals surface area (Å²) in [5, 5.41) is 13.4. The first-order valence-electron chi connectivity index (χ1n) is 10.3. The van der Waals surface area contributed by atoms with Crippen LogP contribution in [0, 0.1) is 0 Å². The van der Waals surface area contributed by atoms with Crippen molar-refractivity contribution >= 4 is 17.4 Å². The molecule has 2 aliphatic rings. The first kappa shape index (κ1) is 20.9. The standard InChI is InChI=1S/C23H25N3O5/c1-25(2)10-3-11-26-20(15-6-8-24-9-7-15)19(22(28)23(26)29)21(27)16-4-5-17-18(14-16)31-13-12-30-17/h4-9,14,20,27H,3,10-13H2,1-2H3/b21-19+. The SMILES string of the molecule is C[NH+](C)CCCN1C(=O)C(=O)/C(=C(/[O-])c2ccc3c(c2)OCCO3)C1c1ccncc1. The second-order valence-corrected chi connectivity index (χ2v) is 7.92. The zero-order chi connectivity index (χ0) is 22.0. The highest BCUT2D eigenvalue weighted by Crippen LogP contribution is 2.40. The molecule has 0 radical (unpaired) electrons. The number of Topliss-reactive ketones (excluding diaryl/α,β-unsaturated/α-hetero) is 1. The average Bonchev–Trinajstić information content (AvgIpc) is 3.03. The number of rotatable bonds is 6. The van der Waals surface area contributed by atoms with E-state index < -0.39 is 23.5 Å². The first-order valence-corrected chi connectivity index (χ1v) is 10.3. The molecule has 0 saturated carbocycles. The van der Waals surface area contributed by atoms with Crippen molar-refractivity contribution in [1.29, 1.82) is 0 Å². The molecule has 1 N–H and O–H groups in total. The van der Waals surface area contributed by atoms with Crippen LogP contribution in [0.2, 0.25) is 0 Å². The van der Waals surface area contributed by atoms with E-state index in [1.165, 1.54) is 9.80 Å². The Hall–Kier alpha value is -3.39. The maximum absolute atomic E-state index is 13.4. The predicted molar refractivity (Wildman–Crippen MR) is 110 cm³/mol. The molecule has 0 bridgehead atoms. The highest BCUT2D eigenvalue weighted by Gasteiger charge is 2.44. The number of ketones is 1. The summed E-state index contributed by atoms with van der Waals surface area (Å²) in [5.41, 5.74) is 0.941. The van der Waals surface area contributed by atoms with Crippen LogP contribution >= 0.6 is 0 Å². The van der Waals surface area contributed by atoms with E-state index in [1.807, 2.05) is 14.1 Å². The second kappa shape index (κ2) is 8.77. The quantitative estimate of drug-likeness (QED) is 0.386. The predicted octanol–water partition coefficient (Wildman–Crippen LogP) is -0.389. The van der Waals surface area contributed by atoms with E-state index >= 15 is 0 Å². The van der Waals surface area contributed by atoms with Crippen LogP contribution in [-0.2, 0) is 9.59 Å². The van der Waals surface area contributed by atoms with E-state index in [0.29, 0.717) is 48.8 Å². The van der Waals surface area contributed by atoms with Crippen LogP contribution in [0.25, 0.3) is 5.76 Å². The van der Waals surface area contributed by atoms with Gasteiger partial charge in [0.25, 0.3) is 5.91 Å². The summed E-state index contributed by atoms with van der Waals surface area (Å²) in [4.78, 5) is 32.6. The second-order valence-electron chi connectivity index (χ2n) is 7.92. The van der Waals surface area contributed by atoms with Crippen LogP contribution in [0.3, 0.4) is 0 Å². The first-order chi connectivity index (χ1) is 15.0. The summed E-state index contributed by atoms with van der Waals surface area (Å²) in [5.74, 6) is -0.853. The minimum atomic E-state index is -0.751. The Balaban J connectivity index is 1.76. The zero-order valence-corrected chi connectivity index (χ0v) is 17.6. The van der Waals surface area contributed by atoms with E-state index in [0.717, 1.165) is 6.54 Å². The van der Waals surface area contributed by atoms with Gasteiger partial charge < -0.3 is 24.4 Å². The topological polar surface area (TPSA) is 96.2 Å². The number of quaternary nitrogens is 1. The Morgan fingerprint density at radius 2 is 1.84 bits per heavy atom. The fraction of sp³-hybridized carbons (Fsp3) is 0.348. The fourth-order valence-electron chi connectivity index (χ4n) is 3.94. The van der Waals surface area contributed by atoms with Crippen LogP contribution in [0.4, 0.5) is 0 Å². The lowest BCUT2D eigenvalue weighted by atomic mass is 9.95. The lowest BCUT2D eigenvalue weighted by molar-refractivity contribution is -0.858. The zero-order valence-electron chi connectivity index (χ0n) is 17.6. The van der Waals surface area contributed by atoms with Gasteiger partial charge in [0.05, 0.1) is 26.7 Å². The number of amides is 1. The Morgan fingerprint density at radius 3 is 2.55 bits per heavy atom. The van der Waals surface area contributed by atoms with Gasteiger partial charge in [0.2, 0.25) is 5.78 Å². The van der Waals surface area contributed by atoms with Gasteiger partial charge in [-0.15, -0.1) is 0 Å². The van der Waals surface area contributed by atoms with E-state index in [1.54, 1.807) is 42.7 Å². The molecule has 31 heavy (non-hydrogen) atoms. The number of benzene rings is 1. The number of ether oxygens (including phenoxy) is 2. The highest BCUT2D eigenvalue weighted by molar-refractivity contribution is 6.46. The maximum atomic E-state index is 13.4. The van der Waals surface area contributed by atoms with Crippen LogP contribution in [0.15, 0.2) is 48.3 Å². The van der Waals surface area contributed by atoms with Crippen LogP contribution in [0.1, 0.15) is 23.6 Å². The van der Waals surface area contributed by atoms with Crippen LogP contribution < -0.4 is 19.5 Å². The van der Waals surface area contributed by atoms with Crippen molar-refractivity contribution in [1.82, 2.24) is 9.88 Å². The average molecular weight is 423 g/mol. The van der Waals surface area contributed by atoms with E-state index in [-0.39, 0.29) is 5.57 Å². The van der Waals surface area contributed by atoms with Gasteiger partial charge in [0.1, 0.15) is 13.2 Å². The molecular weight excluding hydrogens is 398 g/mol. The lowest BCUT2D eigenvalue weighted by Gasteiger charge is -2.28. The molecule has 2 aliphatic heterocycles. The van der Waals surface area contributed by atoms with Gasteiger partial charge in [0, 0.05) is 30.9 Å². The van der Waals surface area contributed by atoms with Gasteiger partial charge in [-0.05, 0) is 35.4 Å². The largest absolute Gasteiger partial charge is 0.872 e. The summed E-state index contributed by atoms with van der Waals surface area (Å²) in [7, 11) is 4.06. The number of hydrogen-bond acceptors (Lipinski definition) is 6. The molecule has 1 amide bonds. The molecule has 1 fully saturated rings. The Bertz CT molecular complexity index is 1020. The Labute approximate surface area is 180 Å². The molecule has 162 valence electrons. The molecule has 1 aromatic carbocycles. The maximum Gasteiger partial charge on any atom is 0.295 e. The van der Waals surface area contributed by atoms with E-state index in [9.17, 15) is 14.7 Å². The number of carbonyl (C=O) groups is 2. The summed E-state index contributed by atoms with van der Waals surface area (Å²) in [6, 6.07) is 7.56. The fourth-order valence-corrected chi connectivity index (χ4v) is 3.94. The van der Waals surface area contributed by atoms with E-state index in [2.05, 4.69) is 4.98 Å². The van der Waals surface area contributed by atoms with Crippen molar-refractivity contribution in [2.24, 2.45) is 0 Å². The number of pyridine rings is 1. The van der Waals surface area contributed by atoms with Gasteiger partial charge in [-0.3, -0.25) is 14.6 Å². The third kappa shape index (κ3) is 4.11. The van der Waals surface area contributed by atoms with Crippen LogP contribution in [-0.4, -0.2) is 62.0 Å². The number of aromatic nitrogens is 1.